The van der Waals surface area contributed by atoms with Crippen LogP contribution in [0, 0.1) is 0 Å². The SMILES string of the molecule is CCC.CCN1CCc2occc2C1. The van der Waals surface area contributed by atoms with Gasteiger partial charge in [-0.1, -0.05) is 27.2 Å². The minimum absolute atomic E-state index is 1.07. The van der Waals surface area contributed by atoms with Crippen molar-refractivity contribution in [1.82, 2.24) is 4.90 Å². The van der Waals surface area contributed by atoms with Crippen LogP contribution in [0.4, 0.5) is 0 Å². The van der Waals surface area contributed by atoms with Gasteiger partial charge in [0.15, 0.2) is 0 Å². The molecular formula is C12H21NO. The number of nitrogens with zero attached hydrogens (tertiary/aromatic N) is 1. The summed E-state index contributed by atoms with van der Waals surface area (Å²) in [6.07, 6.45) is 4.12. The van der Waals surface area contributed by atoms with Crippen LogP contribution < -0.4 is 0 Å². The molecule has 0 saturated heterocycles. The second-order valence-electron chi connectivity index (χ2n) is 3.69. The smallest absolute Gasteiger partial charge is 0.109 e. The summed E-state index contributed by atoms with van der Waals surface area (Å²) in [4.78, 5) is 2.43. The molecule has 0 amide bonds. The van der Waals surface area contributed by atoms with Gasteiger partial charge >= 0.3 is 0 Å². The van der Waals surface area contributed by atoms with Crippen LogP contribution >= 0.6 is 0 Å². The van der Waals surface area contributed by atoms with Crippen LogP contribution in [0.5, 0.6) is 0 Å². The summed E-state index contributed by atoms with van der Waals surface area (Å²) in [6.45, 7) is 9.81. The fourth-order valence-corrected chi connectivity index (χ4v) is 1.58. The number of fused-ring (bicyclic) bond motifs is 1. The highest BCUT2D eigenvalue weighted by molar-refractivity contribution is 5.19. The molecule has 0 aliphatic carbocycles. The Morgan fingerprint density at radius 3 is 2.71 bits per heavy atom. The lowest BCUT2D eigenvalue weighted by Gasteiger charge is -2.23. The van der Waals surface area contributed by atoms with E-state index >= 15 is 0 Å². The average Bonchev–Trinajstić information content (AvgIpc) is 2.65. The summed E-state index contributed by atoms with van der Waals surface area (Å²) >= 11 is 0. The van der Waals surface area contributed by atoms with E-state index < -0.39 is 0 Å². The number of furan rings is 1. The van der Waals surface area contributed by atoms with E-state index in [0.29, 0.717) is 0 Å². The first-order chi connectivity index (χ1) is 6.81. The van der Waals surface area contributed by atoms with Crippen LogP contribution in [0.2, 0.25) is 0 Å². The molecule has 0 spiro atoms. The first-order valence-corrected chi connectivity index (χ1v) is 5.59. The Morgan fingerprint density at radius 2 is 2.07 bits per heavy atom. The van der Waals surface area contributed by atoms with E-state index in [1.54, 1.807) is 6.26 Å². The third kappa shape index (κ3) is 2.88. The van der Waals surface area contributed by atoms with E-state index in [4.69, 9.17) is 4.42 Å². The third-order valence-electron chi connectivity index (χ3n) is 2.33. The number of likely N-dealkylation sites (N-methyl/N-ethyl adjacent to an activating group) is 1. The molecule has 0 fully saturated rings. The molecule has 0 saturated carbocycles. The molecular weight excluding hydrogens is 174 g/mol. The van der Waals surface area contributed by atoms with Gasteiger partial charge in [-0.2, -0.15) is 0 Å². The van der Waals surface area contributed by atoms with Gasteiger partial charge in [-0.25, -0.2) is 0 Å². The molecule has 0 bridgehead atoms. The molecule has 0 radical (unpaired) electrons. The Hall–Kier alpha value is -0.760. The fourth-order valence-electron chi connectivity index (χ4n) is 1.58. The lowest BCUT2D eigenvalue weighted by atomic mass is 10.1. The maximum atomic E-state index is 5.32. The van der Waals surface area contributed by atoms with Gasteiger partial charge in [0.2, 0.25) is 0 Å². The predicted molar refractivity (Wildman–Crippen MR) is 59.3 cm³/mol. The third-order valence-corrected chi connectivity index (χ3v) is 2.33. The normalized spacial score (nSPS) is 15.6. The minimum atomic E-state index is 1.07. The van der Waals surface area contributed by atoms with Gasteiger partial charge in [-0.3, -0.25) is 4.90 Å². The van der Waals surface area contributed by atoms with Crippen molar-refractivity contribution in [1.29, 1.82) is 0 Å². The molecule has 0 N–H and O–H groups in total. The Balaban J connectivity index is 0.000000293. The Kier molecular flexibility index (Phi) is 4.74. The fraction of sp³-hybridized carbons (Fsp3) is 0.667. The second-order valence-corrected chi connectivity index (χ2v) is 3.69. The zero-order valence-electron chi connectivity index (χ0n) is 9.55. The molecule has 2 nitrogen and oxygen atoms in total. The second kappa shape index (κ2) is 5.86. The monoisotopic (exact) mass is 195 g/mol. The van der Waals surface area contributed by atoms with Gasteiger partial charge in [0, 0.05) is 25.1 Å². The molecule has 0 atom stereocenters. The summed E-state index contributed by atoms with van der Waals surface area (Å²) in [7, 11) is 0. The molecule has 2 heteroatoms. The van der Waals surface area contributed by atoms with E-state index in [2.05, 4.69) is 31.7 Å². The van der Waals surface area contributed by atoms with E-state index in [0.717, 1.165) is 26.1 Å². The van der Waals surface area contributed by atoms with Crippen LogP contribution in [-0.4, -0.2) is 18.0 Å². The van der Waals surface area contributed by atoms with Crippen LogP contribution in [0.1, 0.15) is 38.5 Å². The van der Waals surface area contributed by atoms with Crippen molar-refractivity contribution in [2.75, 3.05) is 13.1 Å². The van der Waals surface area contributed by atoms with E-state index in [1.807, 2.05) is 0 Å². The lowest BCUT2D eigenvalue weighted by molar-refractivity contribution is 0.254. The van der Waals surface area contributed by atoms with Crippen molar-refractivity contribution in [2.45, 2.75) is 40.2 Å². The van der Waals surface area contributed by atoms with Crippen LogP contribution in [0.15, 0.2) is 16.7 Å². The van der Waals surface area contributed by atoms with Crippen molar-refractivity contribution in [3.8, 4) is 0 Å². The maximum absolute atomic E-state index is 5.32. The summed E-state index contributed by atoms with van der Waals surface area (Å²) in [6, 6.07) is 2.08. The van der Waals surface area contributed by atoms with Crippen molar-refractivity contribution >= 4 is 0 Å². The molecule has 0 aromatic carbocycles. The molecule has 80 valence electrons. The minimum Gasteiger partial charge on any atom is -0.469 e. The quantitative estimate of drug-likeness (QED) is 0.684. The zero-order valence-corrected chi connectivity index (χ0v) is 9.55. The molecule has 1 aromatic rings. The highest BCUT2D eigenvalue weighted by Gasteiger charge is 2.16. The van der Waals surface area contributed by atoms with Gasteiger partial charge in [0.05, 0.1) is 6.26 Å². The van der Waals surface area contributed by atoms with Gasteiger partial charge in [0.25, 0.3) is 0 Å². The standard InChI is InChI=1S/C9H13NO.C3H8/c1-2-10-5-3-9-8(7-10)4-6-11-9;1-3-2/h4,6H,2-3,5,7H2,1H3;3H2,1-2H3. The van der Waals surface area contributed by atoms with Crippen LogP contribution in [0.25, 0.3) is 0 Å². The van der Waals surface area contributed by atoms with Gasteiger partial charge < -0.3 is 4.42 Å². The summed E-state index contributed by atoms with van der Waals surface area (Å²) < 4.78 is 5.32. The maximum Gasteiger partial charge on any atom is 0.109 e. The molecule has 1 aliphatic heterocycles. The van der Waals surface area contributed by atoms with Gasteiger partial charge in [0.1, 0.15) is 5.76 Å². The van der Waals surface area contributed by atoms with Gasteiger partial charge in [-0.05, 0) is 12.6 Å². The Morgan fingerprint density at radius 1 is 1.36 bits per heavy atom. The Labute approximate surface area is 86.9 Å². The average molecular weight is 195 g/mol. The van der Waals surface area contributed by atoms with Crippen molar-refractivity contribution < 1.29 is 4.42 Å². The van der Waals surface area contributed by atoms with Crippen molar-refractivity contribution in [3.63, 3.8) is 0 Å². The highest BCUT2D eigenvalue weighted by Crippen LogP contribution is 2.18. The van der Waals surface area contributed by atoms with E-state index in [-0.39, 0.29) is 0 Å². The van der Waals surface area contributed by atoms with Gasteiger partial charge in [-0.15, -0.1) is 0 Å². The molecule has 1 aliphatic rings. The highest BCUT2D eigenvalue weighted by atomic mass is 16.3. The molecule has 1 aromatic heterocycles. The predicted octanol–water partition coefficient (Wildman–Crippen LogP) is 3.07. The summed E-state index contributed by atoms with van der Waals surface area (Å²) in [5.41, 5.74) is 1.37. The molecule has 2 heterocycles. The molecule has 0 unspecified atom stereocenters. The number of hydrogen-bond donors (Lipinski definition) is 0. The first-order valence-electron chi connectivity index (χ1n) is 5.59. The summed E-state index contributed by atoms with van der Waals surface area (Å²) in [5.74, 6) is 1.19. The molecule has 2 rings (SSSR count). The van der Waals surface area contributed by atoms with Crippen molar-refractivity contribution in [2.24, 2.45) is 0 Å². The topological polar surface area (TPSA) is 16.4 Å². The van der Waals surface area contributed by atoms with E-state index in [1.165, 1.54) is 17.7 Å². The largest absolute Gasteiger partial charge is 0.469 e. The van der Waals surface area contributed by atoms with Crippen molar-refractivity contribution in [3.05, 3.63) is 23.7 Å². The number of rotatable bonds is 1. The van der Waals surface area contributed by atoms with Crippen LogP contribution in [-0.2, 0) is 13.0 Å². The lowest BCUT2D eigenvalue weighted by Crippen LogP contribution is -2.29. The summed E-state index contributed by atoms with van der Waals surface area (Å²) in [5, 5.41) is 0. The first kappa shape index (κ1) is 11.3. The Bertz CT molecular complexity index is 255. The number of hydrogen-bond acceptors (Lipinski definition) is 2. The van der Waals surface area contributed by atoms with E-state index in [9.17, 15) is 0 Å². The zero-order chi connectivity index (χ0) is 10.4. The van der Waals surface area contributed by atoms with Crippen LogP contribution in [0.3, 0.4) is 0 Å². The molecule has 14 heavy (non-hydrogen) atoms.